The van der Waals surface area contributed by atoms with Crippen LogP contribution in [0.5, 0.6) is 11.6 Å². The number of rotatable bonds is 3. The topological polar surface area (TPSA) is 72.5 Å². The number of hydrogen-bond acceptors (Lipinski definition) is 5. The van der Waals surface area contributed by atoms with Gasteiger partial charge in [-0.1, -0.05) is 23.7 Å². The molecule has 0 atom stereocenters. The smallest absolute Gasteiger partial charge is 0.256 e. The summed E-state index contributed by atoms with van der Waals surface area (Å²) in [6, 6.07) is 7.10. The maximum Gasteiger partial charge on any atom is 0.256 e. The van der Waals surface area contributed by atoms with E-state index in [0.29, 0.717) is 28.1 Å². The van der Waals surface area contributed by atoms with Gasteiger partial charge in [0.25, 0.3) is 5.78 Å². The third-order valence-electron chi connectivity index (χ3n) is 2.87. The Morgan fingerprint density at radius 2 is 2.05 bits per heavy atom. The first-order chi connectivity index (χ1) is 9.69. The van der Waals surface area contributed by atoms with E-state index < -0.39 is 0 Å². The highest BCUT2D eigenvalue weighted by molar-refractivity contribution is 6.30. The third kappa shape index (κ3) is 2.19. The minimum atomic E-state index is -0.00624. The van der Waals surface area contributed by atoms with Gasteiger partial charge in [-0.2, -0.15) is 19.6 Å². The highest BCUT2D eigenvalue weighted by Gasteiger charge is 2.14. The molecular weight excluding hydrogens is 280 g/mol. The fourth-order valence-corrected chi connectivity index (χ4v) is 1.92. The third-order valence-corrected chi connectivity index (χ3v) is 3.24. The average molecular weight is 291 g/mol. The van der Waals surface area contributed by atoms with Gasteiger partial charge in [-0.15, -0.1) is 0 Å². The number of aliphatic hydroxyl groups is 1. The lowest BCUT2D eigenvalue weighted by molar-refractivity contribution is 0.281. The van der Waals surface area contributed by atoms with Crippen LogP contribution >= 0.6 is 11.6 Å². The van der Waals surface area contributed by atoms with Crippen molar-refractivity contribution in [2.75, 3.05) is 0 Å². The first kappa shape index (κ1) is 12.8. The normalized spacial score (nSPS) is 10.9. The number of ether oxygens (including phenoxy) is 1. The van der Waals surface area contributed by atoms with E-state index in [1.54, 1.807) is 31.2 Å². The van der Waals surface area contributed by atoms with E-state index in [-0.39, 0.29) is 6.61 Å². The largest absolute Gasteiger partial charge is 0.438 e. The van der Waals surface area contributed by atoms with Gasteiger partial charge in [-0.25, -0.2) is 0 Å². The summed E-state index contributed by atoms with van der Waals surface area (Å²) < 4.78 is 7.30. The molecule has 0 fully saturated rings. The van der Waals surface area contributed by atoms with E-state index in [1.165, 1.54) is 10.8 Å². The van der Waals surface area contributed by atoms with Gasteiger partial charge in [-0.05, 0) is 24.6 Å². The fourth-order valence-electron chi connectivity index (χ4n) is 1.77. The Hall–Kier alpha value is -2.18. The lowest BCUT2D eigenvalue weighted by atomic mass is 10.2. The van der Waals surface area contributed by atoms with Crippen molar-refractivity contribution in [2.24, 2.45) is 0 Å². The Bertz CT molecular complexity index is 755. The summed E-state index contributed by atoms with van der Waals surface area (Å²) in [5.74, 6) is 1.46. The van der Waals surface area contributed by atoms with Gasteiger partial charge in [0, 0.05) is 5.56 Å². The summed E-state index contributed by atoms with van der Waals surface area (Å²) in [4.78, 5) is 8.10. The molecule has 6 nitrogen and oxygen atoms in total. The monoisotopic (exact) mass is 290 g/mol. The molecule has 0 aliphatic rings. The SMILES string of the molecule is Cc1c(Cl)nc2ncnn2c1Oc1ccc(CO)cc1. The molecule has 2 heterocycles. The van der Waals surface area contributed by atoms with E-state index in [4.69, 9.17) is 21.4 Å². The van der Waals surface area contributed by atoms with E-state index in [1.807, 2.05) is 0 Å². The van der Waals surface area contributed by atoms with Crippen molar-refractivity contribution in [3.05, 3.63) is 46.9 Å². The zero-order chi connectivity index (χ0) is 14.1. The van der Waals surface area contributed by atoms with Gasteiger partial charge in [0.2, 0.25) is 5.88 Å². The molecule has 0 bridgehead atoms. The van der Waals surface area contributed by atoms with Crippen LogP contribution in [-0.4, -0.2) is 24.7 Å². The van der Waals surface area contributed by atoms with Crippen LogP contribution in [0, 0.1) is 6.92 Å². The predicted octanol–water partition coefficient (Wildman–Crippen LogP) is 2.37. The molecule has 1 aromatic carbocycles. The molecule has 1 N–H and O–H groups in total. The van der Waals surface area contributed by atoms with E-state index in [9.17, 15) is 0 Å². The standard InChI is InChI=1S/C13H11ClN4O2/c1-8-11(14)17-13-15-7-16-18(13)12(8)20-10-4-2-9(6-19)3-5-10/h2-5,7,19H,6H2,1H3. The fraction of sp³-hybridized carbons (Fsp3) is 0.154. The minimum absolute atomic E-state index is 0.00624. The Morgan fingerprint density at radius 3 is 2.75 bits per heavy atom. The lowest BCUT2D eigenvalue weighted by Gasteiger charge is -2.10. The molecule has 0 unspecified atom stereocenters. The number of benzene rings is 1. The Balaban J connectivity index is 2.04. The maximum atomic E-state index is 9.02. The molecule has 102 valence electrons. The molecule has 0 spiro atoms. The van der Waals surface area contributed by atoms with Crippen LogP contribution in [0.1, 0.15) is 11.1 Å². The first-order valence-electron chi connectivity index (χ1n) is 5.92. The molecular formula is C13H11ClN4O2. The number of nitrogens with zero attached hydrogens (tertiary/aromatic N) is 4. The Labute approximate surface area is 119 Å². The number of fused-ring (bicyclic) bond motifs is 1. The van der Waals surface area contributed by atoms with E-state index >= 15 is 0 Å². The second kappa shape index (κ2) is 5.07. The Morgan fingerprint density at radius 1 is 1.30 bits per heavy atom. The minimum Gasteiger partial charge on any atom is -0.438 e. The van der Waals surface area contributed by atoms with Gasteiger partial charge >= 0.3 is 0 Å². The summed E-state index contributed by atoms with van der Waals surface area (Å²) in [6.07, 6.45) is 1.39. The lowest BCUT2D eigenvalue weighted by Crippen LogP contribution is -2.01. The number of halogens is 1. The molecule has 0 amide bonds. The van der Waals surface area contributed by atoms with Crippen molar-refractivity contribution in [1.29, 1.82) is 0 Å². The van der Waals surface area contributed by atoms with Crippen molar-refractivity contribution in [3.63, 3.8) is 0 Å². The van der Waals surface area contributed by atoms with Gasteiger partial charge in [0.05, 0.1) is 6.61 Å². The Kier molecular flexibility index (Phi) is 3.25. The van der Waals surface area contributed by atoms with Gasteiger partial charge in [0.15, 0.2) is 0 Å². The molecule has 0 aliphatic heterocycles. The molecule has 0 aliphatic carbocycles. The summed E-state index contributed by atoms with van der Waals surface area (Å²) in [7, 11) is 0. The van der Waals surface area contributed by atoms with Crippen LogP contribution in [-0.2, 0) is 6.61 Å². The number of aliphatic hydroxyl groups excluding tert-OH is 1. The highest BCUT2D eigenvalue weighted by Crippen LogP contribution is 2.28. The predicted molar refractivity (Wildman–Crippen MR) is 73.0 cm³/mol. The van der Waals surface area contributed by atoms with Crippen molar-refractivity contribution in [3.8, 4) is 11.6 Å². The van der Waals surface area contributed by atoms with Crippen LogP contribution < -0.4 is 4.74 Å². The molecule has 0 saturated heterocycles. The van der Waals surface area contributed by atoms with Crippen LogP contribution in [0.2, 0.25) is 5.15 Å². The molecule has 3 aromatic rings. The number of hydrogen-bond donors (Lipinski definition) is 1. The maximum absolute atomic E-state index is 9.02. The second-order valence-electron chi connectivity index (χ2n) is 4.21. The van der Waals surface area contributed by atoms with Gasteiger partial charge < -0.3 is 9.84 Å². The molecule has 7 heteroatoms. The van der Waals surface area contributed by atoms with Crippen LogP contribution in [0.15, 0.2) is 30.6 Å². The number of aromatic nitrogens is 4. The molecule has 0 radical (unpaired) electrons. The summed E-state index contributed by atoms with van der Waals surface area (Å²) in [5, 5.41) is 13.4. The van der Waals surface area contributed by atoms with E-state index in [0.717, 1.165) is 5.56 Å². The first-order valence-corrected chi connectivity index (χ1v) is 6.30. The van der Waals surface area contributed by atoms with Crippen LogP contribution in [0.25, 0.3) is 5.78 Å². The van der Waals surface area contributed by atoms with Crippen LogP contribution in [0.4, 0.5) is 0 Å². The summed E-state index contributed by atoms with van der Waals surface area (Å²) in [5.41, 5.74) is 1.49. The van der Waals surface area contributed by atoms with Crippen molar-refractivity contribution < 1.29 is 9.84 Å². The molecule has 2 aromatic heterocycles. The van der Waals surface area contributed by atoms with Crippen molar-refractivity contribution in [2.45, 2.75) is 13.5 Å². The summed E-state index contributed by atoms with van der Waals surface area (Å²) in [6.45, 7) is 1.79. The molecule has 20 heavy (non-hydrogen) atoms. The average Bonchev–Trinajstić information content (AvgIpc) is 2.92. The highest BCUT2D eigenvalue weighted by atomic mass is 35.5. The molecule has 3 rings (SSSR count). The zero-order valence-corrected chi connectivity index (χ0v) is 11.4. The zero-order valence-electron chi connectivity index (χ0n) is 10.6. The molecule has 0 saturated carbocycles. The van der Waals surface area contributed by atoms with Gasteiger partial charge in [0.1, 0.15) is 17.2 Å². The summed E-state index contributed by atoms with van der Waals surface area (Å²) >= 11 is 6.06. The van der Waals surface area contributed by atoms with Crippen molar-refractivity contribution >= 4 is 17.4 Å². The van der Waals surface area contributed by atoms with E-state index in [2.05, 4.69) is 15.1 Å². The second-order valence-corrected chi connectivity index (χ2v) is 4.57. The van der Waals surface area contributed by atoms with Crippen molar-refractivity contribution in [1.82, 2.24) is 19.6 Å². The van der Waals surface area contributed by atoms with Gasteiger partial charge in [-0.3, -0.25) is 0 Å². The van der Waals surface area contributed by atoms with Crippen LogP contribution in [0.3, 0.4) is 0 Å². The quantitative estimate of drug-likeness (QED) is 0.750.